The van der Waals surface area contributed by atoms with Crippen molar-refractivity contribution >= 4 is 5.97 Å². The van der Waals surface area contributed by atoms with E-state index in [4.69, 9.17) is 4.74 Å². The molecule has 1 atom stereocenters. The van der Waals surface area contributed by atoms with Crippen molar-refractivity contribution in [2.24, 2.45) is 11.8 Å². The van der Waals surface area contributed by atoms with Crippen LogP contribution in [0.25, 0.3) is 0 Å². The topological polar surface area (TPSA) is 26.3 Å². The van der Waals surface area contributed by atoms with Gasteiger partial charge in [-0.1, -0.05) is 39.0 Å². The van der Waals surface area contributed by atoms with Gasteiger partial charge in [-0.25, -0.2) is 0 Å². The zero-order valence-electron chi connectivity index (χ0n) is 8.71. The van der Waals surface area contributed by atoms with Crippen LogP contribution in [0.4, 0.5) is 0 Å². The lowest BCUT2D eigenvalue weighted by Crippen LogP contribution is -2.20. The van der Waals surface area contributed by atoms with Crippen molar-refractivity contribution in [1.82, 2.24) is 0 Å². The highest BCUT2D eigenvalue weighted by Crippen LogP contribution is 2.29. The van der Waals surface area contributed by atoms with E-state index in [1.807, 2.05) is 0 Å². The largest absolute Gasteiger partial charge is 0.466 e. The van der Waals surface area contributed by atoms with Crippen LogP contribution < -0.4 is 0 Å². The first-order valence-electron chi connectivity index (χ1n) is 5.33. The number of hydrogen-bond acceptors (Lipinski definition) is 2. The van der Waals surface area contributed by atoms with E-state index in [9.17, 15) is 4.79 Å². The first-order valence-corrected chi connectivity index (χ1v) is 5.33. The molecular formula is C11H20O2. The number of rotatable bonds is 3. The Hall–Kier alpha value is -0.530. The second kappa shape index (κ2) is 5.25. The van der Waals surface area contributed by atoms with E-state index < -0.39 is 0 Å². The third-order valence-corrected chi connectivity index (χ3v) is 3.00. The van der Waals surface area contributed by atoms with Gasteiger partial charge in [0, 0.05) is 6.92 Å². The molecule has 0 heterocycles. The van der Waals surface area contributed by atoms with Crippen molar-refractivity contribution in [2.45, 2.75) is 46.0 Å². The maximum atomic E-state index is 10.6. The first kappa shape index (κ1) is 10.6. The lowest BCUT2D eigenvalue weighted by Gasteiger charge is -2.27. The molecule has 0 aromatic rings. The van der Waals surface area contributed by atoms with E-state index in [0.29, 0.717) is 12.5 Å². The zero-order valence-corrected chi connectivity index (χ0v) is 8.71. The monoisotopic (exact) mass is 184 g/mol. The second-order valence-electron chi connectivity index (χ2n) is 4.18. The molecule has 13 heavy (non-hydrogen) atoms. The third kappa shape index (κ3) is 3.79. The summed E-state index contributed by atoms with van der Waals surface area (Å²) in [5.74, 6) is 1.18. The summed E-state index contributed by atoms with van der Waals surface area (Å²) >= 11 is 0. The smallest absolute Gasteiger partial charge is 0.302 e. The Kier molecular flexibility index (Phi) is 4.26. The Labute approximate surface area is 80.7 Å². The molecule has 0 aliphatic heterocycles. The van der Waals surface area contributed by atoms with Gasteiger partial charge < -0.3 is 4.74 Å². The van der Waals surface area contributed by atoms with E-state index in [1.165, 1.54) is 39.0 Å². The van der Waals surface area contributed by atoms with Crippen molar-refractivity contribution in [3.05, 3.63) is 0 Å². The maximum absolute atomic E-state index is 10.6. The summed E-state index contributed by atoms with van der Waals surface area (Å²) in [6.45, 7) is 4.28. The van der Waals surface area contributed by atoms with Crippen molar-refractivity contribution in [3.8, 4) is 0 Å². The molecular weight excluding hydrogens is 164 g/mol. The molecule has 2 nitrogen and oxygen atoms in total. The van der Waals surface area contributed by atoms with Gasteiger partial charge >= 0.3 is 5.97 Å². The molecule has 0 spiro atoms. The number of hydrogen-bond donors (Lipinski definition) is 0. The van der Waals surface area contributed by atoms with E-state index in [2.05, 4.69) is 6.92 Å². The van der Waals surface area contributed by atoms with Crippen LogP contribution in [0.3, 0.4) is 0 Å². The van der Waals surface area contributed by atoms with Gasteiger partial charge in [-0.05, 0) is 11.8 Å². The summed E-state index contributed by atoms with van der Waals surface area (Å²) in [6, 6.07) is 0. The maximum Gasteiger partial charge on any atom is 0.302 e. The highest BCUT2D eigenvalue weighted by molar-refractivity contribution is 5.65. The molecule has 1 rings (SSSR count). The second-order valence-corrected chi connectivity index (χ2v) is 4.18. The zero-order chi connectivity index (χ0) is 9.68. The van der Waals surface area contributed by atoms with Crippen LogP contribution in [0, 0.1) is 11.8 Å². The average molecular weight is 184 g/mol. The van der Waals surface area contributed by atoms with Crippen molar-refractivity contribution in [2.75, 3.05) is 6.61 Å². The molecule has 1 aliphatic rings. The van der Waals surface area contributed by atoms with Crippen molar-refractivity contribution < 1.29 is 9.53 Å². The number of carbonyl (C=O) groups is 1. The van der Waals surface area contributed by atoms with Gasteiger partial charge in [0.05, 0.1) is 6.61 Å². The number of ether oxygens (including phenoxy) is 1. The van der Waals surface area contributed by atoms with Crippen LogP contribution in [0.15, 0.2) is 0 Å². The fourth-order valence-corrected chi connectivity index (χ4v) is 2.09. The van der Waals surface area contributed by atoms with E-state index in [1.54, 1.807) is 0 Å². The van der Waals surface area contributed by atoms with Gasteiger partial charge in [0.1, 0.15) is 0 Å². The molecule has 0 aromatic carbocycles. The van der Waals surface area contributed by atoms with Gasteiger partial charge in [-0.2, -0.15) is 0 Å². The Morgan fingerprint density at radius 3 is 2.54 bits per heavy atom. The Bertz CT molecular complexity index is 159. The quantitative estimate of drug-likeness (QED) is 0.630. The molecule has 1 fully saturated rings. The Morgan fingerprint density at radius 2 is 2.00 bits per heavy atom. The predicted octanol–water partition coefficient (Wildman–Crippen LogP) is 2.77. The van der Waals surface area contributed by atoms with E-state index in [0.717, 1.165) is 5.92 Å². The third-order valence-electron chi connectivity index (χ3n) is 3.00. The summed E-state index contributed by atoms with van der Waals surface area (Å²) in [4.78, 5) is 10.6. The van der Waals surface area contributed by atoms with Gasteiger partial charge in [-0.15, -0.1) is 0 Å². The van der Waals surface area contributed by atoms with Crippen LogP contribution in [0.1, 0.15) is 46.0 Å². The van der Waals surface area contributed by atoms with E-state index >= 15 is 0 Å². The lowest BCUT2D eigenvalue weighted by molar-refractivity contribution is -0.142. The molecule has 1 aliphatic carbocycles. The molecule has 0 bridgehead atoms. The highest BCUT2D eigenvalue weighted by Gasteiger charge is 2.20. The normalized spacial score (nSPS) is 21.1. The molecule has 1 saturated carbocycles. The first-order chi connectivity index (χ1) is 6.20. The van der Waals surface area contributed by atoms with Crippen LogP contribution >= 0.6 is 0 Å². The van der Waals surface area contributed by atoms with Gasteiger partial charge in [0.2, 0.25) is 0 Å². The molecule has 0 saturated heterocycles. The molecule has 0 amide bonds. The predicted molar refractivity (Wildman–Crippen MR) is 52.4 cm³/mol. The summed E-state index contributed by atoms with van der Waals surface area (Å²) < 4.78 is 5.02. The van der Waals surface area contributed by atoms with Crippen LogP contribution in [-0.2, 0) is 9.53 Å². The van der Waals surface area contributed by atoms with Crippen molar-refractivity contribution in [1.29, 1.82) is 0 Å². The Morgan fingerprint density at radius 1 is 1.38 bits per heavy atom. The molecule has 0 radical (unpaired) electrons. The summed E-state index contributed by atoms with van der Waals surface area (Å²) in [5, 5.41) is 0. The molecule has 2 heteroatoms. The standard InChI is InChI=1S/C11H20O2/c1-9(8-13-10(2)12)11-6-4-3-5-7-11/h9,11H,3-8H2,1-2H3. The van der Waals surface area contributed by atoms with Gasteiger partial charge in [0.15, 0.2) is 0 Å². The minimum absolute atomic E-state index is 0.150. The van der Waals surface area contributed by atoms with Crippen LogP contribution in [0.2, 0.25) is 0 Å². The van der Waals surface area contributed by atoms with Crippen LogP contribution in [-0.4, -0.2) is 12.6 Å². The van der Waals surface area contributed by atoms with Crippen molar-refractivity contribution in [3.63, 3.8) is 0 Å². The molecule has 1 unspecified atom stereocenters. The fourth-order valence-electron chi connectivity index (χ4n) is 2.09. The molecule has 0 aromatic heterocycles. The number of carbonyl (C=O) groups excluding carboxylic acids is 1. The summed E-state index contributed by atoms with van der Waals surface area (Å²) in [5.41, 5.74) is 0. The Balaban J connectivity index is 2.20. The lowest BCUT2D eigenvalue weighted by atomic mass is 9.81. The fraction of sp³-hybridized carbons (Fsp3) is 0.909. The minimum atomic E-state index is -0.150. The molecule has 0 N–H and O–H groups in total. The van der Waals surface area contributed by atoms with Crippen LogP contribution in [0.5, 0.6) is 0 Å². The van der Waals surface area contributed by atoms with E-state index in [-0.39, 0.29) is 5.97 Å². The van der Waals surface area contributed by atoms with Gasteiger partial charge in [0.25, 0.3) is 0 Å². The minimum Gasteiger partial charge on any atom is -0.466 e. The average Bonchev–Trinajstić information content (AvgIpc) is 2.15. The van der Waals surface area contributed by atoms with Gasteiger partial charge in [-0.3, -0.25) is 4.79 Å². The highest BCUT2D eigenvalue weighted by atomic mass is 16.5. The SMILES string of the molecule is CC(=O)OCC(C)C1CCCCC1. The summed E-state index contributed by atoms with van der Waals surface area (Å²) in [6.07, 6.45) is 6.74. The number of esters is 1. The summed E-state index contributed by atoms with van der Waals surface area (Å²) in [7, 11) is 0. The molecule has 76 valence electrons.